The number of hydrogen-bond donors (Lipinski definition) is 1. The van der Waals surface area contributed by atoms with Crippen molar-refractivity contribution in [1.29, 1.82) is 0 Å². The number of likely N-dealkylation sites (tertiary alicyclic amines) is 1. The lowest BCUT2D eigenvalue weighted by Crippen LogP contribution is -2.51. The third-order valence-electron chi connectivity index (χ3n) is 5.64. The molecule has 1 saturated carbocycles. The number of nitrogens with one attached hydrogen (secondary N) is 1. The second-order valence-electron chi connectivity index (χ2n) is 7.84. The Morgan fingerprint density at radius 2 is 1.67 bits per heavy atom. The average molecular weight is 359 g/mol. The molecule has 1 aliphatic heterocycles. The van der Waals surface area contributed by atoms with Gasteiger partial charge in [0.2, 0.25) is 5.91 Å². The van der Waals surface area contributed by atoms with Crippen molar-refractivity contribution in [3.05, 3.63) is 0 Å². The first-order valence-corrected chi connectivity index (χ1v) is 11.1. The van der Waals surface area contributed by atoms with Gasteiger partial charge in [-0.15, -0.1) is 0 Å². The van der Waals surface area contributed by atoms with Gasteiger partial charge in [0.1, 0.15) is 5.25 Å². The fourth-order valence-electron chi connectivity index (χ4n) is 4.23. The van der Waals surface area contributed by atoms with E-state index >= 15 is 0 Å². The van der Waals surface area contributed by atoms with E-state index in [2.05, 4.69) is 5.32 Å². The summed E-state index contributed by atoms with van der Waals surface area (Å²) >= 11 is 0. The summed E-state index contributed by atoms with van der Waals surface area (Å²) in [4.78, 5) is 14.8. The van der Waals surface area contributed by atoms with Gasteiger partial charge in [-0.25, -0.2) is 8.42 Å². The second kappa shape index (κ2) is 8.65. The van der Waals surface area contributed by atoms with E-state index in [0.29, 0.717) is 19.0 Å². The maximum Gasteiger partial charge on any atom is 0.241 e. The van der Waals surface area contributed by atoms with Crippen LogP contribution in [0.5, 0.6) is 0 Å². The Kier molecular flexibility index (Phi) is 7.10. The maximum atomic E-state index is 13.1. The first-order chi connectivity index (χ1) is 11.4. The Morgan fingerprint density at radius 1 is 1.08 bits per heavy atom. The van der Waals surface area contributed by atoms with Crippen LogP contribution in [0.15, 0.2) is 0 Å². The standard InChI is InChI=1S/C18H34N2O3S/c1-14(2)17(24(22,23)16-7-5-4-6-8-16)18(21)20-11-9-15(10-12-20)13-19-3/h14-17,19H,4-13H2,1-3H3. The first-order valence-electron chi connectivity index (χ1n) is 9.54. The van der Waals surface area contributed by atoms with Crippen LogP contribution in [-0.2, 0) is 14.6 Å². The zero-order chi connectivity index (χ0) is 17.7. The molecule has 1 heterocycles. The molecule has 5 nitrogen and oxygen atoms in total. The second-order valence-corrected chi connectivity index (χ2v) is 10.2. The third kappa shape index (κ3) is 4.51. The van der Waals surface area contributed by atoms with E-state index < -0.39 is 15.1 Å². The highest BCUT2D eigenvalue weighted by atomic mass is 32.2. The quantitative estimate of drug-likeness (QED) is 0.790. The van der Waals surface area contributed by atoms with E-state index in [1.807, 2.05) is 20.9 Å². The van der Waals surface area contributed by atoms with Crippen molar-refractivity contribution in [2.24, 2.45) is 11.8 Å². The molecule has 140 valence electrons. The minimum atomic E-state index is -3.40. The normalized spacial score (nSPS) is 22.8. The Bertz CT molecular complexity index is 504. The molecule has 1 unspecified atom stereocenters. The SMILES string of the molecule is CNCC1CCN(C(=O)C(C(C)C)S(=O)(=O)C2CCCCC2)CC1. The Morgan fingerprint density at radius 3 is 2.17 bits per heavy atom. The van der Waals surface area contributed by atoms with Gasteiger partial charge in [0.05, 0.1) is 5.25 Å². The molecule has 0 bridgehead atoms. The topological polar surface area (TPSA) is 66.5 Å². The average Bonchev–Trinajstić information content (AvgIpc) is 2.56. The molecule has 0 aromatic rings. The van der Waals surface area contributed by atoms with E-state index in [1.54, 1.807) is 4.90 Å². The minimum Gasteiger partial charge on any atom is -0.342 e. The summed E-state index contributed by atoms with van der Waals surface area (Å²) in [6, 6.07) is 0. The lowest BCUT2D eigenvalue weighted by Gasteiger charge is -2.36. The molecule has 0 aromatic carbocycles. The van der Waals surface area contributed by atoms with Gasteiger partial charge in [-0.1, -0.05) is 33.1 Å². The Hall–Kier alpha value is -0.620. The van der Waals surface area contributed by atoms with Gasteiger partial charge in [0.15, 0.2) is 9.84 Å². The molecule has 2 rings (SSSR count). The molecule has 0 radical (unpaired) electrons. The number of nitrogens with zero attached hydrogens (tertiary/aromatic N) is 1. The zero-order valence-electron chi connectivity index (χ0n) is 15.5. The van der Waals surface area contributed by atoms with Crippen molar-refractivity contribution in [2.75, 3.05) is 26.7 Å². The van der Waals surface area contributed by atoms with Crippen molar-refractivity contribution in [1.82, 2.24) is 10.2 Å². The Labute approximate surface area is 147 Å². The summed E-state index contributed by atoms with van der Waals surface area (Å²) in [5.74, 6) is 0.268. The van der Waals surface area contributed by atoms with E-state index in [0.717, 1.165) is 51.5 Å². The number of hydrogen-bond acceptors (Lipinski definition) is 4. The van der Waals surface area contributed by atoms with Crippen LogP contribution in [0.4, 0.5) is 0 Å². The third-order valence-corrected chi connectivity index (χ3v) is 8.49. The maximum absolute atomic E-state index is 13.1. The summed E-state index contributed by atoms with van der Waals surface area (Å²) in [7, 11) is -1.45. The van der Waals surface area contributed by atoms with E-state index in [1.165, 1.54) is 0 Å². The minimum absolute atomic E-state index is 0.154. The number of piperidine rings is 1. The monoisotopic (exact) mass is 358 g/mol. The van der Waals surface area contributed by atoms with E-state index in [4.69, 9.17) is 0 Å². The van der Waals surface area contributed by atoms with Gasteiger partial charge in [-0.2, -0.15) is 0 Å². The van der Waals surface area contributed by atoms with Gasteiger partial charge < -0.3 is 10.2 Å². The number of carbonyl (C=O) groups is 1. The molecule has 1 N–H and O–H groups in total. The number of carbonyl (C=O) groups excluding carboxylic acids is 1. The van der Waals surface area contributed by atoms with Crippen molar-refractivity contribution >= 4 is 15.7 Å². The van der Waals surface area contributed by atoms with Crippen LogP contribution in [0, 0.1) is 11.8 Å². The lowest BCUT2D eigenvalue weighted by atomic mass is 9.96. The van der Waals surface area contributed by atoms with Crippen molar-refractivity contribution in [2.45, 2.75) is 69.3 Å². The zero-order valence-corrected chi connectivity index (χ0v) is 16.3. The fraction of sp³-hybridized carbons (Fsp3) is 0.944. The van der Waals surface area contributed by atoms with Gasteiger partial charge >= 0.3 is 0 Å². The summed E-state index contributed by atoms with van der Waals surface area (Å²) in [6.45, 7) is 6.09. The van der Waals surface area contributed by atoms with Crippen LogP contribution < -0.4 is 5.32 Å². The number of sulfone groups is 1. The molecule has 2 fully saturated rings. The molecule has 0 aromatic heterocycles. The highest BCUT2D eigenvalue weighted by Crippen LogP contribution is 2.30. The molecule has 2 aliphatic rings. The molecule has 24 heavy (non-hydrogen) atoms. The molecular weight excluding hydrogens is 324 g/mol. The predicted molar refractivity (Wildman–Crippen MR) is 97.6 cm³/mol. The van der Waals surface area contributed by atoms with Gasteiger partial charge in [-0.3, -0.25) is 4.79 Å². The fourth-order valence-corrected chi connectivity index (χ4v) is 6.83. The van der Waals surface area contributed by atoms with E-state index in [-0.39, 0.29) is 17.1 Å². The largest absolute Gasteiger partial charge is 0.342 e. The summed E-state index contributed by atoms with van der Waals surface area (Å²) in [6.07, 6.45) is 6.43. The summed E-state index contributed by atoms with van der Waals surface area (Å²) in [5.41, 5.74) is 0. The van der Waals surface area contributed by atoms with Crippen LogP contribution in [0.25, 0.3) is 0 Å². The van der Waals surface area contributed by atoms with Gasteiger partial charge in [0.25, 0.3) is 0 Å². The molecule has 1 saturated heterocycles. The predicted octanol–water partition coefficient (Wildman–Crippen LogP) is 2.22. The van der Waals surface area contributed by atoms with Crippen LogP contribution in [0.3, 0.4) is 0 Å². The van der Waals surface area contributed by atoms with Crippen molar-refractivity contribution in [3.8, 4) is 0 Å². The molecule has 0 spiro atoms. The smallest absolute Gasteiger partial charge is 0.241 e. The summed E-state index contributed by atoms with van der Waals surface area (Å²) in [5, 5.41) is 2.02. The lowest BCUT2D eigenvalue weighted by molar-refractivity contribution is -0.132. The van der Waals surface area contributed by atoms with Crippen LogP contribution in [0.2, 0.25) is 0 Å². The first kappa shape index (κ1) is 19.7. The molecule has 1 aliphatic carbocycles. The molecule has 1 atom stereocenters. The van der Waals surface area contributed by atoms with Crippen molar-refractivity contribution < 1.29 is 13.2 Å². The highest BCUT2D eigenvalue weighted by molar-refractivity contribution is 7.93. The van der Waals surface area contributed by atoms with E-state index in [9.17, 15) is 13.2 Å². The highest BCUT2D eigenvalue weighted by Gasteiger charge is 2.43. The van der Waals surface area contributed by atoms with Gasteiger partial charge in [0, 0.05) is 13.1 Å². The summed E-state index contributed by atoms with van der Waals surface area (Å²) < 4.78 is 26.2. The van der Waals surface area contributed by atoms with Crippen LogP contribution in [0.1, 0.15) is 58.8 Å². The van der Waals surface area contributed by atoms with Crippen molar-refractivity contribution in [3.63, 3.8) is 0 Å². The number of rotatable bonds is 6. The molecular formula is C18H34N2O3S. The number of amides is 1. The van der Waals surface area contributed by atoms with Crippen LogP contribution in [-0.4, -0.2) is 56.4 Å². The molecule has 6 heteroatoms. The Balaban J connectivity index is 2.08. The van der Waals surface area contributed by atoms with Crippen LogP contribution >= 0.6 is 0 Å². The molecule has 1 amide bonds. The van der Waals surface area contributed by atoms with Gasteiger partial charge in [-0.05, 0) is 51.1 Å².